The van der Waals surface area contributed by atoms with Crippen molar-refractivity contribution in [2.24, 2.45) is 0 Å². The lowest BCUT2D eigenvalue weighted by Crippen LogP contribution is -3.16. The number of hydrogen-bond acceptors (Lipinski definition) is 4. The Labute approximate surface area is 176 Å². The first-order chi connectivity index (χ1) is 14.6. The Morgan fingerprint density at radius 3 is 2.77 bits per heavy atom. The molecule has 0 radical (unpaired) electrons. The van der Waals surface area contributed by atoms with Gasteiger partial charge in [-0.3, -0.25) is 9.59 Å². The number of carbonyl (C=O) groups is 3. The Kier molecular flexibility index (Phi) is 4.99. The normalized spacial score (nSPS) is 29.4. The summed E-state index contributed by atoms with van der Waals surface area (Å²) < 4.78 is 5.52. The number of ether oxygens (including phenoxy) is 1. The minimum Gasteiger partial charge on any atom is -0.368 e. The third-order valence-corrected chi connectivity index (χ3v) is 7.02. The van der Waals surface area contributed by atoms with E-state index in [1.807, 2.05) is 29.2 Å². The molecule has 0 saturated carbocycles. The first-order valence-corrected chi connectivity index (χ1v) is 11.0. The van der Waals surface area contributed by atoms with Crippen LogP contribution in [0.15, 0.2) is 24.3 Å². The van der Waals surface area contributed by atoms with Crippen molar-refractivity contribution in [3.8, 4) is 0 Å². The second-order valence-electron chi connectivity index (χ2n) is 8.81. The maximum absolute atomic E-state index is 13.4. The molecule has 1 spiro atoms. The van der Waals surface area contributed by atoms with Crippen LogP contribution in [-0.2, 0) is 26.3 Å². The zero-order valence-electron chi connectivity index (χ0n) is 17.2. The molecule has 3 heterocycles. The summed E-state index contributed by atoms with van der Waals surface area (Å²) in [4.78, 5) is 43.1. The summed E-state index contributed by atoms with van der Waals surface area (Å²) in [7, 11) is 0. The fourth-order valence-electron chi connectivity index (χ4n) is 5.36. The third-order valence-electron chi connectivity index (χ3n) is 7.02. The van der Waals surface area contributed by atoms with Gasteiger partial charge in [0.2, 0.25) is 0 Å². The number of urea groups is 1. The van der Waals surface area contributed by atoms with Crippen LogP contribution in [0, 0.1) is 0 Å². The van der Waals surface area contributed by atoms with Crippen molar-refractivity contribution < 1.29 is 24.0 Å². The lowest BCUT2D eigenvalue weighted by Gasteiger charge is -2.35. The molecule has 8 nitrogen and oxygen atoms in total. The second-order valence-corrected chi connectivity index (χ2v) is 8.81. The van der Waals surface area contributed by atoms with E-state index in [4.69, 9.17) is 4.74 Å². The Morgan fingerprint density at radius 1 is 1.20 bits per heavy atom. The molecule has 0 unspecified atom stereocenters. The molecule has 8 heteroatoms. The maximum atomic E-state index is 13.4. The van der Waals surface area contributed by atoms with Gasteiger partial charge in [-0.25, -0.2) is 9.69 Å². The van der Waals surface area contributed by atoms with Crippen LogP contribution in [0.2, 0.25) is 0 Å². The van der Waals surface area contributed by atoms with Gasteiger partial charge in [-0.05, 0) is 43.2 Å². The number of piperazine rings is 1. The summed E-state index contributed by atoms with van der Waals surface area (Å²) in [5.41, 5.74) is 1.18. The Hall–Kier alpha value is -2.45. The van der Waals surface area contributed by atoms with Gasteiger partial charge in [0.1, 0.15) is 11.6 Å². The summed E-state index contributed by atoms with van der Waals surface area (Å²) in [5, 5.41) is 3.02. The number of aryl methyl sites for hydroxylation is 1. The van der Waals surface area contributed by atoms with E-state index in [1.54, 1.807) is 0 Å². The predicted octanol–water partition coefficient (Wildman–Crippen LogP) is -0.366. The summed E-state index contributed by atoms with van der Waals surface area (Å²) in [6, 6.07) is 7.64. The quantitative estimate of drug-likeness (QED) is 0.663. The van der Waals surface area contributed by atoms with Gasteiger partial charge in [-0.1, -0.05) is 24.3 Å². The number of amides is 4. The standard InChI is InChI=1S/C22H28N4O4/c27-19(18-8-4-14-30-18)25-12-10-24(11-13-25)15-26-20(28)22(23-21(26)29)9-3-6-16-5-1-2-7-17(16)22/h1-2,5,7,18H,3-4,6,8-15H2,(H,23,29)/p+1/t18-,22-/m0/s1. The van der Waals surface area contributed by atoms with E-state index in [-0.39, 0.29) is 23.9 Å². The van der Waals surface area contributed by atoms with Gasteiger partial charge in [0.05, 0.1) is 26.2 Å². The van der Waals surface area contributed by atoms with Crippen molar-refractivity contribution in [2.45, 2.75) is 43.7 Å². The van der Waals surface area contributed by atoms with Crippen LogP contribution >= 0.6 is 0 Å². The molecule has 1 aliphatic carbocycles. The van der Waals surface area contributed by atoms with Gasteiger partial charge >= 0.3 is 6.03 Å². The molecule has 1 aromatic rings. The average molecular weight is 413 g/mol. The molecule has 30 heavy (non-hydrogen) atoms. The molecule has 2 N–H and O–H groups in total. The van der Waals surface area contributed by atoms with E-state index in [1.165, 1.54) is 4.90 Å². The van der Waals surface area contributed by atoms with Crippen molar-refractivity contribution in [3.63, 3.8) is 0 Å². The topological polar surface area (TPSA) is 83.4 Å². The summed E-state index contributed by atoms with van der Waals surface area (Å²) in [6.07, 6.45) is 3.92. The highest BCUT2D eigenvalue weighted by atomic mass is 16.5. The minimum absolute atomic E-state index is 0.0827. The van der Waals surface area contributed by atoms with Crippen molar-refractivity contribution in [3.05, 3.63) is 35.4 Å². The van der Waals surface area contributed by atoms with E-state index >= 15 is 0 Å². The molecule has 1 aromatic carbocycles. The van der Waals surface area contributed by atoms with Crippen molar-refractivity contribution in [2.75, 3.05) is 39.5 Å². The second kappa shape index (κ2) is 7.67. The van der Waals surface area contributed by atoms with Gasteiger partial charge in [-0.15, -0.1) is 0 Å². The van der Waals surface area contributed by atoms with Crippen LogP contribution in [0.3, 0.4) is 0 Å². The molecule has 0 bridgehead atoms. The molecule has 4 aliphatic rings. The van der Waals surface area contributed by atoms with Crippen LogP contribution in [-0.4, -0.2) is 73.2 Å². The van der Waals surface area contributed by atoms with Crippen LogP contribution in [0.1, 0.15) is 36.8 Å². The van der Waals surface area contributed by atoms with Crippen LogP contribution in [0.25, 0.3) is 0 Å². The van der Waals surface area contributed by atoms with Gasteiger partial charge in [0, 0.05) is 6.61 Å². The molecule has 3 saturated heterocycles. The summed E-state index contributed by atoms with van der Waals surface area (Å²) in [6.45, 7) is 3.71. The fraction of sp³-hybridized carbons (Fsp3) is 0.591. The highest BCUT2D eigenvalue weighted by Crippen LogP contribution is 2.39. The fourth-order valence-corrected chi connectivity index (χ4v) is 5.36. The number of fused-ring (bicyclic) bond motifs is 2. The zero-order valence-corrected chi connectivity index (χ0v) is 17.2. The van der Waals surface area contributed by atoms with Crippen LogP contribution in [0.5, 0.6) is 0 Å². The summed E-state index contributed by atoms with van der Waals surface area (Å²) >= 11 is 0. The molecular weight excluding hydrogens is 384 g/mol. The Morgan fingerprint density at radius 2 is 2.00 bits per heavy atom. The van der Waals surface area contributed by atoms with E-state index < -0.39 is 5.54 Å². The number of benzene rings is 1. The number of carbonyl (C=O) groups excluding carboxylic acids is 3. The smallest absolute Gasteiger partial charge is 0.329 e. The van der Waals surface area contributed by atoms with Gasteiger partial charge in [-0.2, -0.15) is 0 Å². The SMILES string of the molecule is O=C([C@@H]1CCCO1)N1CC[NH+](CN2C(=O)N[C@]3(CCCc4ccccc43)C2=O)CC1. The van der Waals surface area contributed by atoms with Gasteiger partial charge < -0.3 is 19.9 Å². The molecular formula is C22H29N4O4+. The number of hydrogen-bond donors (Lipinski definition) is 2. The molecule has 5 rings (SSSR count). The first-order valence-electron chi connectivity index (χ1n) is 11.0. The lowest BCUT2D eigenvalue weighted by atomic mass is 9.76. The maximum Gasteiger partial charge on any atom is 0.329 e. The highest BCUT2D eigenvalue weighted by Gasteiger charge is 2.54. The Balaban J connectivity index is 1.24. The lowest BCUT2D eigenvalue weighted by molar-refractivity contribution is -0.911. The van der Waals surface area contributed by atoms with Crippen molar-refractivity contribution in [1.29, 1.82) is 0 Å². The molecule has 160 valence electrons. The monoisotopic (exact) mass is 413 g/mol. The van der Waals surface area contributed by atoms with Crippen LogP contribution < -0.4 is 10.2 Å². The van der Waals surface area contributed by atoms with E-state index in [0.717, 1.165) is 54.8 Å². The molecule has 0 aromatic heterocycles. The minimum atomic E-state index is -0.914. The van der Waals surface area contributed by atoms with E-state index in [0.29, 0.717) is 32.8 Å². The number of quaternary nitrogens is 1. The summed E-state index contributed by atoms with van der Waals surface area (Å²) in [5.74, 6) is -0.0516. The van der Waals surface area contributed by atoms with Gasteiger partial charge in [0.25, 0.3) is 11.8 Å². The molecule has 3 fully saturated rings. The highest BCUT2D eigenvalue weighted by molar-refractivity contribution is 6.07. The van der Waals surface area contributed by atoms with E-state index in [9.17, 15) is 14.4 Å². The van der Waals surface area contributed by atoms with Crippen LogP contribution in [0.4, 0.5) is 4.79 Å². The number of nitrogens with zero attached hydrogens (tertiary/aromatic N) is 2. The first kappa shape index (κ1) is 19.5. The molecule has 2 atom stereocenters. The largest absolute Gasteiger partial charge is 0.368 e. The number of imide groups is 1. The number of rotatable bonds is 3. The molecule has 3 aliphatic heterocycles. The van der Waals surface area contributed by atoms with Crippen molar-refractivity contribution in [1.82, 2.24) is 15.1 Å². The third kappa shape index (κ3) is 3.18. The zero-order chi connectivity index (χ0) is 20.7. The van der Waals surface area contributed by atoms with Crippen molar-refractivity contribution >= 4 is 17.8 Å². The Bertz CT molecular complexity index is 860. The van der Waals surface area contributed by atoms with E-state index in [2.05, 4.69) is 5.32 Å². The predicted molar refractivity (Wildman–Crippen MR) is 108 cm³/mol. The average Bonchev–Trinajstić information content (AvgIpc) is 3.38. The van der Waals surface area contributed by atoms with Gasteiger partial charge in [0.15, 0.2) is 6.67 Å². The number of nitrogens with one attached hydrogen (secondary N) is 2. The molecule has 4 amide bonds.